The number of phenols is 1. The summed E-state index contributed by atoms with van der Waals surface area (Å²) in [6.45, 7) is 1.23. The predicted octanol–water partition coefficient (Wildman–Crippen LogP) is 2.58. The highest BCUT2D eigenvalue weighted by atomic mass is 35.5. The van der Waals surface area contributed by atoms with Crippen LogP contribution in [0.25, 0.3) is 0 Å². The summed E-state index contributed by atoms with van der Waals surface area (Å²) in [6.07, 6.45) is -1.16. The van der Waals surface area contributed by atoms with Gasteiger partial charge in [-0.15, -0.1) is 0 Å². The van der Waals surface area contributed by atoms with Crippen LogP contribution in [0.3, 0.4) is 0 Å². The lowest BCUT2D eigenvalue weighted by Crippen LogP contribution is -2.47. The van der Waals surface area contributed by atoms with Gasteiger partial charge in [0, 0.05) is 5.02 Å². The Bertz CT molecular complexity index is 899. The molecule has 0 bridgehead atoms. The lowest BCUT2D eigenvalue weighted by atomic mass is 10.1. The van der Waals surface area contributed by atoms with Crippen LogP contribution in [0.4, 0.5) is 11.4 Å². The third-order valence-electron chi connectivity index (χ3n) is 3.85. The molecule has 0 radical (unpaired) electrons. The number of fused-ring (bicyclic) bond motifs is 1. The fraction of sp³-hybridized carbons (Fsp3) is 0.167. The molecule has 8 heteroatoms. The fourth-order valence-corrected chi connectivity index (χ4v) is 2.77. The minimum atomic E-state index is -1.16. The van der Waals surface area contributed by atoms with Crippen LogP contribution in [-0.4, -0.2) is 35.5 Å². The molecule has 2 aromatic carbocycles. The van der Waals surface area contributed by atoms with Gasteiger partial charge in [0.25, 0.3) is 5.91 Å². The van der Waals surface area contributed by atoms with Crippen molar-refractivity contribution in [2.75, 3.05) is 16.8 Å². The molecule has 7 nitrogen and oxygen atoms in total. The van der Waals surface area contributed by atoms with Crippen LogP contribution in [0, 0.1) is 0 Å². The summed E-state index contributed by atoms with van der Waals surface area (Å²) >= 11 is 5.73. The molecular formula is C18H15ClN2O5. The van der Waals surface area contributed by atoms with E-state index < -0.39 is 18.0 Å². The Morgan fingerprint density at radius 2 is 2.00 bits per heavy atom. The molecule has 3 rings (SSSR count). The fourth-order valence-electron chi connectivity index (χ4n) is 2.60. The van der Waals surface area contributed by atoms with Crippen LogP contribution >= 0.6 is 11.6 Å². The summed E-state index contributed by atoms with van der Waals surface area (Å²) < 4.78 is 5.16. The molecule has 0 aliphatic carbocycles. The van der Waals surface area contributed by atoms with Gasteiger partial charge in [-0.05, 0) is 37.3 Å². The second kappa shape index (κ2) is 7.05. The van der Waals surface area contributed by atoms with Crippen molar-refractivity contribution in [2.24, 2.45) is 0 Å². The number of ether oxygens (including phenoxy) is 1. The van der Waals surface area contributed by atoms with Crippen molar-refractivity contribution in [1.82, 2.24) is 0 Å². The maximum atomic E-state index is 12.7. The Kier molecular flexibility index (Phi) is 4.81. The van der Waals surface area contributed by atoms with Gasteiger partial charge in [0.05, 0.1) is 11.4 Å². The van der Waals surface area contributed by atoms with E-state index >= 15 is 0 Å². The average molecular weight is 375 g/mol. The average Bonchev–Trinajstić information content (AvgIpc) is 2.60. The third-order valence-corrected chi connectivity index (χ3v) is 4.08. The van der Waals surface area contributed by atoms with E-state index in [1.165, 1.54) is 30.0 Å². The summed E-state index contributed by atoms with van der Waals surface area (Å²) in [7, 11) is 0. The molecule has 2 amide bonds. The lowest BCUT2D eigenvalue weighted by Gasteiger charge is -2.30. The van der Waals surface area contributed by atoms with Crippen LogP contribution in [0.5, 0.6) is 5.75 Å². The van der Waals surface area contributed by atoms with E-state index in [4.69, 9.17) is 16.3 Å². The van der Waals surface area contributed by atoms with Crippen molar-refractivity contribution in [3.8, 4) is 5.75 Å². The van der Waals surface area contributed by atoms with E-state index in [1.54, 1.807) is 24.3 Å². The normalized spacial score (nSPS) is 14.2. The quantitative estimate of drug-likeness (QED) is 0.805. The first-order chi connectivity index (χ1) is 12.4. The number of nitrogens with zero attached hydrogens (tertiary/aromatic N) is 1. The highest BCUT2D eigenvalue weighted by molar-refractivity contribution is 6.30. The number of aromatic hydroxyl groups is 1. The SMILES string of the molecule is C[C@H](OC(=O)c1ccc(Cl)cc1O)C(=O)N1CC(=O)Nc2ccccc21. The number of esters is 1. The summed E-state index contributed by atoms with van der Waals surface area (Å²) in [4.78, 5) is 38.0. The van der Waals surface area contributed by atoms with Crippen molar-refractivity contribution in [1.29, 1.82) is 0 Å². The number of anilines is 2. The molecular weight excluding hydrogens is 360 g/mol. The first kappa shape index (κ1) is 17.8. The maximum Gasteiger partial charge on any atom is 0.342 e. The van der Waals surface area contributed by atoms with E-state index in [-0.39, 0.29) is 28.8 Å². The molecule has 0 fully saturated rings. The van der Waals surface area contributed by atoms with Gasteiger partial charge in [0.2, 0.25) is 5.91 Å². The van der Waals surface area contributed by atoms with Crippen molar-refractivity contribution in [3.05, 3.63) is 53.1 Å². The van der Waals surface area contributed by atoms with Crippen LogP contribution in [0.15, 0.2) is 42.5 Å². The highest BCUT2D eigenvalue weighted by Gasteiger charge is 2.31. The summed E-state index contributed by atoms with van der Waals surface area (Å²) in [5, 5.41) is 12.7. The van der Waals surface area contributed by atoms with E-state index in [2.05, 4.69) is 5.32 Å². The van der Waals surface area contributed by atoms with Gasteiger partial charge in [-0.3, -0.25) is 14.5 Å². The molecule has 1 atom stereocenters. The molecule has 1 aliphatic heterocycles. The second-order valence-corrected chi connectivity index (χ2v) is 6.14. The Labute approximate surface area is 154 Å². The minimum absolute atomic E-state index is 0.106. The third kappa shape index (κ3) is 3.48. The van der Waals surface area contributed by atoms with Gasteiger partial charge < -0.3 is 15.2 Å². The van der Waals surface area contributed by atoms with Gasteiger partial charge in [0.15, 0.2) is 6.10 Å². The molecule has 2 N–H and O–H groups in total. The van der Waals surface area contributed by atoms with Crippen LogP contribution in [0.2, 0.25) is 5.02 Å². The number of para-hydroxylation sites is 2. The zero-order valence-electron chi connectivity index (χ0n) is 13.7. The number of benzene rings is 2. The first-order valence-corrected chi connectivity index (χ1v) is 8.14. The number of amides is 2. The van der Waals surface area contributed by atoms with Crippen molar-refractivity contribution in [3.63, 3.8) is 0 Å². The highest BCUT2D eigenvalue weighted by Crippen LogP contribution is 2.30. The van der Waals surface area contributed by atoms with Gasteiger partial charge in [-0.25, -0.2) is 4.79 Å². The summed E-state index contributed by atoms with van der Waals surface area (Å²) in [6, 6.07) is 10.8. The number of carbonyl (C=O) groups excluding carboxylic acids is 3. The van der Waals surface area contributed by atoms with Gasteiger partial charge in [-0.1, -0.05) is 23.7 Å². The summed E-state index contributed by atoms with van der Waals surface area (Å²) in [5.41, 5.74) is 0.922. The van der Waals surface area contributed by atoms with E-state index in [0.29, 0.717) is 11.4 Å². The standard InChI is InChI=1S/C18H15ClN2O5/c1-10(26-18(25)12-7-6-11(19)8-15(12)22)17(24)21-9-16(23)20-13-4-2-3-5-14(13)21/h2-8,10,22H,9H2,1H3,(H,20,23)/t10-/m0/s1. The molecule has 0 spiro atoms. The van der Waals surface area contributed by atoms with Gasteiger partial charge in [-0.2, -0.15) is 0 Å². The van der Waals surface area contributed by atoms with Crippen molar-refractivity contribution < 1.29 is 24.2 Å². The Morgan fingerprint density at radius 1 is 1.27 bits per heavy atom. The molecule has 0 saturated heterocycles. The molecule has 0 saturated carbocycles. The Morgan fingerprint density at radius 3 is 2.73 bits per heavy atom. The minimum Gasteiger partial charge on any atom is -0.507 e. The summed E-state index contributed by atoms with van der Waals surface area (Å²) in [5.74, 6) is -2.10. The van der Waals surface area contributed by atoms with Crippen molar-refractivity contribution >= 4 is 40.8 Å². The number of hydrogen-bond donors (Lipinski definition) is 2. The molecule has 1 heterocycles. The maximum absolute atomic E-state index is 12.7. The number of carbonyl (C=O) groups is 3. The van der Waals surface area contributed by atoms with Gasteiger partial charge in [0.1, 0.15) is 17.9 Å². The number of halogens is 1. The zero-order chi connectivity index (χ0) is 18.8. The van der Waals surface area contributed by atoms with Gasteiger partial charge >= 0.3 is 5.97 Å². The molecule has 2 aromatic rings. The number of hydrogen-bond acceptors (Lipinski definition) is 5. The van der Waals surface area contributed by atoms with Crippen LogP contribution < -0.4 is 10.2 Å². The first-order valence-electron chi connectivity index (χ1n) is 7.76. The largest absolute Gasteiger partial charge is 0.507 e. The Hall–Kier alpha value is -3.06. The molecule has 0 unspecified atom stereocenters. The Balaban J connectivity index is 1.78. The van der Waals surface area contributed by atoms with Crippen LogP contribution in [0.1, 0.15) is 17.3 Å². The molecule has 1 aliphatic rings. The topological polar surface area (TPSA) is 95.9 Å². The smallest absolute Gasteiger partial charge is 0.342 e. The zero-order valence-corrected chi connectivity index (χ0v) is 14.5. The molecule has 26 heavy (non-hydrogen) atoms. The monoisotopic (exact) mass is 374 g/mol. The predicted molar refractivity (Wildman–Crippen MR) is 95.4 cm³/mol. The molecule has 134 valence electrons. The molecule has 0 aromatic heterocycles. The second-order valence-electron chi connectivity index (χ2n) is 5.70. The lowest BCUT2D eigenvalue weighted by molar-refractivity contribution is -0.128. The van der Waals surface area contributed by atoms with Crippen molar-refractivity contribution in [2.45, 2.75) is 13.0 Å². The van der Waals surface area contributed by atoms with E-state index in [0.717, 1.165) is 0 Å². The number of nitrogens with one attached hydrogen (secondary N) is 1. The van der Waals surface area contributed by atoms with E-state index in [9.17, 15) is 19.5 Å². The van der Waals surface area contributed by atoms with E-state index in [1.807, 2.05) is 0 Å². The number of phenolic OH excluding ortho intramolecular Hbond substituents is 1. The number of rotatable bonds is 3. The van der Waals surface area contributed by atoms with Crippen LogP contribution in [-0.2, 0) is 14.3 Å².